The molecular weight excluding hydrogens is 366 g/mol. The van der Waals surface area contributed by atoms with Crippen LogP contribution >= 0.6 is 11.6 Å². The molecule has 0 radical (unpaired) electrons. The summed E-state index contributed by atoms with van der Waals surface area (Å²) in [6.45, 7) is 3.72. The van der Waals surface area contributed by atoms with Crippen molar-refractivity contribution in [2.75, 3.05) is 0 Å². The maximum absolute atomic E-state index is 11.5. The Morgan fingerprint density at radius 3 is 2.56 bits per heavy atom. The fraction of sp³-hybridized carbons (Fsp3) is 0.250. The van der Waals surface area contributed by atoms with E-state index in [1.807, 2.05) is 13.8 Å². The molecule has 1 N–H and O–H groups in total. The van der Waals surface area contributed by atoms with Gasteiger partial charge in [-0.25, -0.2) is 8.42 Å². The van der Waals surface area contributed by atoms with Crippen LogP contribution in [0.5, 0.6) is 5.75 Å². The third-order valence-electron chi connectivity index (χ3n) is 4.08. The Morgan fingerprint density at radius 2 is 1.92 bits per heavy atom. The molecule has 0 saturated carbocycles. The summed E-state index contributed by atoms with van der Waals surface area (Å²) in [4.78, 5) is 0.673. The number of hydrogen-bond acceptors (Lipinski definition) is 6. The van der Waals surface area contributed by atoms with E-state index in [2.05, 4.69) is 10.2 Å². The smallest absolute Gasteiger partial charge is 0.146 e. The highest BCUT2D eigenvalue weighted by Crippen LogP contribution is 2.35. The monoisotopic (exact) mass is 380 g/mol. The van der Waals surface area contributed by atoms with Crippen LogP contribution in [0.15, 0.2) is 35.2 Å². The Kier molecular flexibility index (Phi) is 4.44. The highest BCUT2D eigenvalue weighted by Gasteiger charge is 2.19. The van der Waals surface area contributed by atoms with Crippen molar-refractivity contribution in [2.45, 2.75) is 31.1 Å². The lowest BCUT2D eigenvalue weighted by atomic mass is 9.97. The van der Waals surface area contributed by atoms with Gasteiger partial charge >= 0.3 is 0 Å². The minimum Gasteiger partial charge on any atom is -0.744 e. The van der Waals surface area contributed by atoms with Crippen LogP contribution in [0.25, 0.3) is 16.7 Å². The van der Waals surface area contributed by atoms with Gasteiger partial charge in [0.05, 0.1) is 4.90 Å². The van der Waals surface area contributed by atoms with E-state index >= 15 is 0 Å². The van der Waals surface area contributed by atoms with E-state index in [4.69, 9.17) is 11.6 Å². The van der Waals surface area contributed by atoms with Crippen LogP contribution in [0, 0.1) is 0 Å². The van der Waals surface area contributed by atoms with Gasteiger partial charge in [-0.15, -0.1) is 15.0 Å². The van der Waals surface area contributed by atoms with E-state index in [1.165, 1.54) is 6.07 Å². The van der Waals surface area contributed by atoms with Crippen molar-refractivity contribution in [3.05, 3.63) is 40.9 Å². The number of aromatic nitrogens is 3. The molecule has 1 unspecified atom stereocenters. The van der Waals surface area contributed by atoms with Crippen LogP contribution in [-0.4, -0.2) is 33.1 Å². The normalized spacial score (nSPS) is 13.3. The number of phenols is 1. The maximum atomic E-state index is 11.5. The van der Waals surface area contributed by atoms with E-state index in [0.717, 1.165) is 10.9 Å². The Balaban J connectivity index is 2.29. The number of rotatable bonds is 4. The van der Waals surface area contributed by atoms with Crippen molar-refractivity contribution >= 4 is 32.8 Å². The predicted octanol–water partition coefficient (Wildman–Crippen LogP) is 3.20. The lowest BCUT2D eigenvalue weighted by molar-refractivity contribution is 0.450. The van der Waals surface area contributed by atoms with Crippen molar-refractivity contribution in [1.82, 2.24) is 15.0 Å². The first-order chi connectivity index (χ1) is 11.7. The quantitative estimate of drug-likeness (QED) is 0.696. The molecule has 3 rings (SSSR count). The van der Waals surface area contributed by atoms with Gasteiger partial charge in [-0.2, -0.15) is 0 Å². The second-order valence-corrected chi connectivity index (χ2v) is 7.58. The molecule has 3 aromatic rings. The first-order valence-electron chi connectivity index (χ1n) is 7.56. The van der Waals surface area contributed by atoms with Crippen LogP contribution < -0.4 is 0 Å². The predicted molar refractivity (Wildman–Crippen MR) is 92.2 cm³/mol. The minimum atomic E-state index is -4.70. The molecule has 0 amide bonds. The molecule has 0 aliphatic rings. The average Bonchev–Trinajstić information content (AvgIpc) is 2.95. The molecule has 0 saturated heterocycles. The fourth-order valence-electron chi connectivity index (χ4n) is 2.50. The molecule has 2 aromatic carbocycles. The van der Waals surface area contributed by atoms with Gasteiger partial charge in [-0.1, -0.05) is 25.4 Å². The number of aromatic hydroxyl groups is 1. The Morgan fingerprint density at radius 1 is 1.24 bits per heavy atom. The van der Waals surface area contributed by atoms with Crippen LogP contribution in [0.3, 0.4) is 0 Å². The van der Waals surface area contributed by atoms with Crippen molar-refractivity contribution in [3.8, 4) is 11.4 Å². The summed E-state index contributed by atoms with van der Waals surface area (Å²) in [5, 5.41) is 19.5. The van der Waals surface area contributed by atoms with Gasteiger partial charge in [0.1, 0.15) is 32.6 Å². The van der Waals surface area contributed by atoms with Crippen LogP contribution in [0.4, 0.5) is 0 Å². The summed E-state index contributed by atoms with van der Waals surface area (Å²) >= 11 is 5.93. The summed E-state index contributed by atoms with van der Waals surface area (Å²) < 4.78 is 34.5. The number of halogens is 1. The summed E-state index contributed by atoms with van der Waals surface area (Å²) in [5.41, 5.74) is 1.38. The SMILES string of the molecule is CCC(C)c1cc(S(=O)(=O)[O-])cc(-n2nc3ccc(Cl)cc3n2)c1O. The highest BCUT2D eigenvalue weighted by atomic mass is 35.5. The van der Waals surface area contributed by atoms with Crippen molar-refractivity contribution in [2.24, 2.45) is 0 Å². The van der Waals surface area contributed by atoms with Gasteiger partial charge in [0.25, 0.3) is 0 Å². The zero-order valence-corrected chi connectivity index (χ0v) is 15.0. The van der Waals surface area contributed by atoms with Crippen molar-refractivity contribution in [1.29, 1.82) is 0 Å². The Bertz CT molecular complexity index is 1060. The fourth-order valence-corrected chi connectivity index (χ4v) is 3.20. The molecule has 9 heteroatoms. The second kappa shape index (κ2) is 6.29. The molecule has 0 aliphatic carbocycles. The summed E-state index contributed by atoms with van der Waals surface area (Å²) in [6, 6.07) is 7.18. The van der Waals surface area contributed by atoms with Crippen molar-refractivity contribution in [3.63, 3.8) is 0 Å². The van der Waals surface area contributed by atoms with Gasteiger partial charge < -0.3 is 9.66 Å². The van der Waals surface area contributed by atoms with Gasteiger partial charge in [-0.3, -0.25) is 0 Å². The molecular formula is C16H15ClN3O4S-. The van der Waals surface area contributed by atoms with Crippen LogP contribution in [0.1, 0.15) is 31.7 Å². The van der Waals surface area contributed by atoms with E-state index < -0.39 is 15.0 Å². The number of hydrogen-bond donors (Lipinski definition) is 1. The lowest BCUT2D eigenvalue weighted by Crippen LogP contribution is -2.07. The maximum Gasteiger partial charge on any atom is 0.146 e. The van der Waals surface area contributed by atoms with E-state index in [0.29, 0.717) is 28.0 Å². The van der Waals surface area contributed by atoms with Crippen LogP contribution in [0.2, 0.25) is 5.02 Å². The topological polar surface area (TPSA) is 108 Å². The Hall–Kier alpha value is -2.16. The lowest BCUT2D eigenvalue weighted by Gasteiger charge is -2.17. The second-order valence-electron chi connectivity index (χ2n) is 5.77. The molecule has 7 nitrogen and oxygen atoms in total. The van der Waals surface area contributed by atoms with E-state index in [9.17, 15) is 18.1 Å². The number of benzene rings is 2. The number of phenolic OH excluding ortho intramolecular Hbond substituents is 1. The zero-order chi connectivity index (χ0) is 18.4. The summed E-state index contributed by atoms with van der Waals surface area (Å²) in [7, 11) is -4.70. The average molecular weight is 381 g/mol. The largest absolute Gasteiger partial charge is 0.744 e. The molecule has 0 spiro atoms. The number of fused-ring (bicyclic) bond motifs is 1. The summed E-state index contributed by atoms with van der Waals surface area (Å²) in [6.07, 6.45) is 0.652. The molecule has 0 fully saturated rings. The molecule has 1 heterocycles. The van der Waals surface area contributed by atoms with Gasteiger partial charge in [-0.05, 0) is 42.7 Å². The zero-order valence-electron chi connectivity index (χ0n) is 13.5. The molecule has 132 valence electrons. The third kappa shape index (κ3) is 3.33. The van der Waals surface area contributed by atoms with Crippen molar-refractivity contribution < 1.29 is 18.1 Å². The molecule has 0 bridgehead atoms. The molecule has 1 aromatic heterocycles. The first kappa shape index (κ1) is 17.7. The standard InChI is InChI=1S/C16H16ClN3O4S/c1-3-9(2)12-7-11(25(22,23)24)8-15(16(12)21)20-18-13-5-4-10(17)6-14(13)19-20/h4-9,21H,3H2,1-2H3,(H,22,23,24)/p-1. The van der Waals surface area contributed by atoms with Gasteiger partial charge in [0, 0.05) is 10.6 Å². The third-order valence-corrected chi connectivity index (χ3v) is 5.13. The minimum absolute atomic E-state index is 0.0274. The molecule has 1 atom stereocenters. The number of nitrogens with zero attached hydrogens (tertiary/aromatic N) is 3. The molecule has 25 heavy (non-hydrogen) atoms. The van der Waals surface area contributed by atoms with Gasteiger partial charge in [0.15, 0.2) is 0 Å². The van der Waals surface area contributed by atoms with Gasteiger partial charge in [0.2, 0.25) is 0 Å². The summed E-state index contributed by atoms with van der Waals surface area (Å²) in [5.74, 6) is -0.312. The van der Waals surface area contributed by atoms with E-state index in [1.54, 1.807) is 18.2 Å². The highest BCUT2D eigenvalue weighted by molar-refractivity contribution is 7.85. The van der Waals surface area contributed by atoms with Crippen LogP contribution in [-0.2, 0) is 10.1 Å². The van der Waals surface area contributed by atoms with E-state index in [-0.39, 0.29) is 17.4 Å². The molecule has 0 aliphatic heterocycles. The Labute approximate surface area is 149 Å². The first-order valence-corrected chi connectivity index (χ1v) is 9.35.